The van der Waals surface area contributed by atoms with Crippen molar-refractivity contribution in [2.24, 2.45) is 0 Å². The van der Waals surface area contributed by atoms with Gasteiger partial charge >= 0.3 is 0 Å². The maximum Gasteiger partial charge on any atom is 0.00964 e. The molecule has 0 aliphatic heterocycles. The molecule has 1 rings (SSSR count). The third kappa shape index (κ3) is 4.97. The summed E-state index contributed by atoms with van der Waals surface area (Å²) in [6.45, 7) is 9.48. The minimum atomic E-state index is 0.945. The molecule has 0 aromatic heterocycles. The number of hydrogen-bond donors (Lipinski definition) is 1. The van der Waals surface area contributed by atoms with Gasteiger partial charge in [0.1, 0.15) is 0 Å². The minimum absolute atomic E-state index is 0.945. The highest BCUT2D eigenvalue weighted by molar-refractivity contribution is 4.84. The zero-order chi connectivity index (χ0) is 10.2. The summed E-state index contributed by atoms with van der Waals surface area (Å²) >= 11 is 0. The highest BCUT2D eigenvalue weighted by Gasteiger charge is 2.27. The topological polar surface area (TPSA) is 15.3 Å². The monoisotopic (exact) mass is 198 g/mol. The van der Waals surface area contributed by atoms with Gasteiger partial charge in [0.2, 0.25) is 0 Å². The highest BCUT2D eigenvalue weighted by atomic mass is 15.2. The van der Waals surface area contributed by atoms with E-state index in [4.69, 9.17) is 0 Å². The summed E-state index contributed by atoms with van der Waals surface area (Å²) in [5.41, 5.74) is 0. The van der Waals surface area contributed by atoms with E-state index in [2.05, 4.69) is 24.1 Å². The van der Waals surface area contributed by atoms with Gasteiger partial charge in [-0.3, -0.25) is 0 Å². The van der Waals surface area contributed by atoms with E-state index in [0.717, 1.165) is 6.04 Å². The van der Waals surface area contributed by atoms with Crippen LogP contribution in [-0.4, -0.2) is 37.1 Å². The standard InChI is InChI=1S/C12H26N2/c1-3-8-13-9-5-11-14(10-4-2)12-6-7-12/h12-13H,3-11H2,1-2H3. The highest BCUT2D eigenvalue weighted by Crippen LogP contribution is 2.26. The quantitative estimate of drug-likeness (QED) is 0.572. The fraction of sp³-hybridized carbons (Fsp3) is 1.00. The number of hydrogen-bond acceptors (Lipinski definition) is 2. The van der Waals surface area contributed by atoms with Gasteiger partial charge in [-0.15, -0.1) is 0 Å². The van der Waals surface area contributed by atoms with Gasteiger partial charge in [-0.25, -0.2) is 0 Å². The zero-order valence-corrected chi connectivity index (χ0v) is 9.89. The molecule has 1 aliphatic carbocycles. The predicted molar refractivity (Wildman–Crippen MR) is 62.7 cm³/mol. The van der Waals surface area contributed by atoms with Crippen molar-refractivity contribution in [1.82, 2.24) is 10.2 Å². The third-order valence-electron chi connectivity index (χ3n) is 2.80. The number of rotatable bonds is 9. The molecule has 1 saturated carbocycles. The average molecular weight is 198 g/mol. The molecule has 0 spiro atoms. The Hall–Kier alpha value is -0.0800. The lowest BCUT2D eigenvalue weighted by Crippen LogP contribution is -2.30. The number of nitrogens with zero attached hydrogens (tertiary/aromatic N) is 1. The van der Waals surface area contributed by atoms with Crippen LogP contribution < -0.4 is 5.32 Å². The molecule has 0 aromatic rings. The van der Waals surface area contributed by atoms with Gasteiger partial charge in [-0.05, 0) is 58.3 Å². The first-order valence-corrected chi connectivity index (χ1v) is 6.33. The summed E-state index contributed by atoms with van der Waals surface area (Å²) < 4.78 is 0. The molecule has 0 atom stereocenters. The zero-order valence-electron chi connectivity index (χ0n) is 9.89. The van der Waals surface area contributed by atoms with Crippen LogP contribution >= 0.6 is 0 Å². The van der Waals surface area contributed by atoms with Gasteiger partial charge in [0.25, 0.3) is 0 Å². The maximum absolute atomic E-state index is 3.47. The van der Waals surface area contributed by atoms with Crippen molar-refractivity contribution in [3.05, 3.63) is 0 Å². The molecule has 14 heavy (non-hydrogen) atoms. The van der Waals surface area contributed by atoms with Gasteiger partial charge in [0, 0.05) is 6.04 Å². The van der Waals surface area contributed by atoms with Crippen LogP contribution in [-0.2, 0) is 0 Å². The van der Waals surface area contributed by atoms with E-state index < -0.39 is 0 Å². The maximum atomic E-state index is 3.47. The molecule has 0 bridgehead atoms. The SMILES string of the molecule is CCCNCCCN(CCC)C1CC1. The van der Waals surface area contributed by atoms with Crippen molar-refractivity contribution in [3.63, 3.8) is 0 Å². The fourth-order valence-electron chi connectivity index (χ4n) is 1.91. The van der Waals surface area contributed by atoms with Gasteiger partial charge in [-0.1, -0.05) is 13.8 Å². The Morgan fingerprint density at radius 1 is 1.07 bits per heavy atom. The second-order valence-electron chi connectivity index (χ2n) is 4.37. The predicted octanol–water partition coefficient (Wildman–Crippen LogP) is 2.25. The molecular formula is C12H26N2. The smallest absolute Gasteiger partial charge is 0.00964 e. The Kier molecular flexibility index (Phi) is 6.20. The summed E-state index contributed by atoms with van der Waals surface area (Å²) in [6, 6.07) is 0.945. The molecule has 2 nitrogen and oxygen atoms in total. The molecule has 84 valence electrons. The largest absolute Gasteiger partial charge is 0.317 e. The molecule has 1 fully saturated rings. The average Bonchev–Trinajstić information content (AvgIpc) is 2.99. The normalized spacial score (nSPS) is 16.5. The molecule has 1 N–H and O–H groups in total. The molecule has 1 aliphatic rings. The van der Waals surface area contributed by atoms with Gasteiger partial charge in [0.05, 0.1) is 0 Å². The summed E-state index contributed by atoms with van der Waals surface area (Å²) in [5, 5.41) is 3.47. The lowest BCUT2D eigenvalue weighted by atomic mass is 10.3. The van der Waals surface area contributed by atoms with Crippen LogP contribution in [0.3, 0.4) is 0 Å². The van der Waals surface area contributed by atoms with Crippen molar-refractivity contribution in [3.8, 4) is 0 Å². The summed E-state index contributed by atoms with van der Waals surface area (Å²) in [7, 11) is 0. The van der Waals surface area contributed by atoms with Crippen LogP contribution in [0.1, 0.15) is 46.0 Å². The van der Waals surface area contributed by atoms with Crippen molar-refractivity contribution < 1.29 is 0 Å². The van der Waals surface area contributed by atoms with E-state index in [0.29, 0.717) is 0 Å². The van der Waals surface area contributed by atoms with Crippen LogP contribution in [0.2, 0.25) is 0 Å². The molecule has 0 unspecified atom stereocenters. The lowest BCUT2D eigenvalue weighted by Gasteiger charge is -2.20. The first kappa shape index (κ1) is 12.0. The lowest BCUT2D eigenvalue weighted by molar-refractivity contribution is 0.259. The van der Waals surface area contributed by atoms with Crippen LogP contribution in [0, 0.1) is 0 Å². The molecule has 0 radical (unpaired) electrons. The van der Waals surface area contributed by atoms with Crippen molar-refractivity contribution in [1.29, 1.82) is 0 Å². The van der Waals surface area contributed by atoms with E-state index in [1.165, 1.54) is 58.3 Å². The Bertz CT molecular complexity index is 132. The number of nitrogens with one attached hydrogen (secondary N) is 1. The van der Waals surface area contributed by atoms with E-state index >= 15 is 0 Å². The van der Waals surface area contributed by atoms with Gasteiger partial charge in [-0.2, -0.15) is 0 Å². The van der Waals surface area contributed by atoms with E-state index in [9.17, 15) is 0 Å². The summed E-state index contributed by atoms with van der Waals surface area (Å²) in [5.74, 6) is 0. The van der Waals surface area contributed by atoms with Crippen LogP contribution in [0.25, 0.3) is 0 Å². The molecule has 0 heterocycles. The summed E-state index contributed by atoms with van der Waals surface area (Å²) in [6.07, 6.45) is 6.77. The van der Waals surface area contributed by atoms with Crippen LogP contribution in [0.15, 0.2) is 0 Å². The Morgan fingerprint density at radius 2 is 1.86 bits per heavy atom. The second kappa shape index (κ2) is 7.24. The summed E-state index contributed by atoms with van der Waals surface area (Å²) in [4.78, 5) is 2.67. The first-order chi connectivity index (χ1) is 6.88. The minimum Gasteiger partial charge on any atom is -0.317 e. The van der Waals surface area contributed by atoms with Crippen LogP contribution in [0.4, 0.5) is 0 Å². The first-order valence-electron chi connectivity index (χ1n) is 6.33. The van der Waals surface area contributed by atoms with Gasteiger partial charge in [0.15, 0.2) is 0 Å². The van der Waals surface area contributed by atoms with Crippen molar-refractivity contribution >= 4 is 0 Å². The van der Waals surface area contributed by atoms with Crippen molar-refractivity contribution in [2.75, 3.05) is 26.2 Å². The Morgan fingerprint density at radius 3 is 2.43 bits per heavy atom. The Labute approximate surface area is 89.1 Å². The van der Waals surface area contributed by atoms with Crippen LogP contribution in [0.5, 0.6) is 0 Å². The molecule has 2 heteroatoms. The second-order valence-corrected chi connectivity index (χ2v) is 4.37. The van der Waals surface area contributed by atoms with E-state index in [1.807, 2.05) is 0 Å². The van der Waals surface area contributed by atoms with E-state index in [1.54, 1.807) is 0 Å². The van der Waals surface area contributed by atoms with Gasteiger partial charge < -0.3 is 10.2 Å². The molecule has 0 aromatic carbocycles. The van der Waals surface area contributed by atoms with E-state index in [-0.39, 0.29) is 0 Å². The Balaban J connectivity index is 1.96. The molecule has 0 saturated heterocycles. The van der Waals surface area contributed by atoms with Crippen molar-refractivity contribution in [2.45, 2.75) is 52.0 Å². The third-order valence-corrected chi connectivity index (χ3v) is 2.80. The molecule has 0 amide bonds. The fourth-order valence-corrected chi connectivity index (χ4v) is 1.91. The molecular weight excluding hydrogens is 172 g/mol.